The lowest BCUT2D eigenvalue weighted by atomic mass is 9.91. The molecule has 1 aromatic carbocycles. The van der Waals surface area contributed by atoms with Gasteiger partial charge in [-0.3, -0.25) is 10.1 Å². The Labute approximate surface area is 100 Å². The first-order chi connectivity index (χ1) is 8.06. The van der Waals surface area contributed by atoms with E-state index in [2.05, 4.69) is 17.6 Å². The number of amides is 3. The molecule has 3 amide bonds. The van der Waals surface area contributed by atoms with E-state index < -0.39 is 11.6 Å². The van der Waals surface area contributed by atoms with Crippen molar-refractivity contribution in [1.82, 2.24) is 10.6 Å². The molecule has 1 aliphatic heterocycles. The van der Waals surface area contributed by atoms with E-state index in [1.807, 2.05) is 24.3 Å². The third kappa shape index (κ3) is 2.02. The minimum absolute atomic E-state index is 0.300. The summed E-state index contributed by atoms with van der Waals surface area (Å²) in [6, 6.07) is 7.37. The van der Waals surface area contributed by atoms with Gasteiger partial charge in [-0.25, -0.2) is 4.79 Å². The molecule has 1 saturated heterocycles. The average molecular weight is 232 g/mol. The van der Waals surface area contributed by atoms with Crippen molar-refractivity contribution < 1.29 is 9.59 Å². The van der Waals surface area contributed by atoms with Gasteiger partial charge in [-0.1, -0.05) is 37.6 Å². The zero-order valence-electron chi connectivity index (χ0n) is 10.0. The first-order valence-corrected chi connectivity index (χ1v) is 5.79. The number of carbonyl (C=O) groups is 2. The minimum atomic E-state index is -0.943. The summed E-state index contributed by atoms with van der Waals surface area (Å²) < 4.78 is 0. The Morgan fingerprint density at radius 3 is 2.29 bits per heavy atom. The number of imide groups is 1. The highest BCUT2D eigenvalue weighted by atomic mass is 16.2. The molecule has 2 N–H and O–H groups in total. The highest BCUT2D eigenvalue weighted by Crippen LogP contribution is 2.24. The third-order valence-corrected chi connectivity index (χ3v) is 3.11. The lowest BCUT2D eigenvalue weighted by Gasteiger charge is -2.21. The predicted octanol–water partition coefficient (Wildman–Crippen LogP) is 1.69. The molecule has 1 heterocycles. The topological polar surface area (TPSA) is 58.2 Å². The van der Waals surface area contributed by atoms with Crippen LogP contribution in [-0.2, 0) is 16.8 Å². The van der Waals surface area contributed by atoms with Gasteiger partial charge in [0.2, 0.25) is 0 Å². The average Bonchev–Trinajstić information content (AvgIpc) is 2.55. The fraction of sp³-hybridized carbons (Fsp3) is 0.385. The molecule has 1 fully saturated rings. The Balaban J connectivity index is 2.28. The number of urea groups is 1. The van der Waals surface area contributed by atoms with Crippen LogP contribution >= 0.6 is 0 Å². The molecule has 0 aromatic heterocycles. The van der Waals surface area contributed by atoms with E-state index in [-0.39, 0.29) is 5.91 Å². The molecule has 4 heteroatoms. The van der Waals surface area contributed by atoms with E-state index >= 15 is 0 Å². The third-order valence-electron chi connectivity index (χ3n) is 3.11. The Kier molecular flexibility index (Phi) is 2.88. The van der Waals surface area contributed by atoms with Gasteiger partial charge in [0.25, 0.3) is 5.91 Å². The van der Waals surface area contributed by atoms with Gasteiger partial charge in [0.05, 0.1) is 0 Å². The normalized spacial score (nSPS) is 23.4. The largest absolute Gasteiger partial charge is 0.322 e. The SMILES string of the molecule is CCCc1ccc([C@@]2(C)NC(=O)NC2=O)cc1. The molecule has 1 atom stereocenters. The summed E-state index contributed by atoms with van der Waals surface area (Å²) in [7, 11) is 0. The van der Waals surface area contributed by atoms with Crippen molar-refractivity contribution in [2.75, 3.05) is 0 Å². The van der Waals surface area contributed by atoms with Gasteiger partial charge in [0, 0.05) is 0 Å². The number of hydrogen-bond acceptors (Lipinski definition) is 2. The van der Waals surface area contributed by atoms with Crippen molar-refractivity contribution in [3.05, 3.63) is 35.4 Å². The van der Waals surface area contributed by atoms with Gasteiger partial charge in [-0.05, 0) is 24.5 Å². The Morgan fingerprint density at radius 1 is 1.18 bits per heavy atom. The van der Waals surface area contributed by atoms with E-state index in [9.17, 15) is 9.59 Å². The smallest absolute Gasteiger partial charge is 0.320 e. The summed E-state index contributed by atoms with van der Waals surface area (Å²) in [5.74, 6) is -0.300. The lowest BCUT2D eigenvalue weighted by Crippen LogP contribution is -2.40. The zero-order valence-corrected chi connectivity index (χ0v) is 10.0. The van der Waals surface area contributed by atoms with Crippen molar-refractivity contribution in [1.29, 1.82) is 0 Å². The van der Waals surface area contributed by atoms with Crippen molar-refractivity contribution >= 4 is 11.9 Å². The fourth-order valence-electron chi connectivity index (χ4n) is 2.04. The van der Waals surface area contributed by atoms with Crippen molar-refractivity contribution in [2.24, 2.45) is 0 Å². The highest BCUT2D eigenvalue weighted by molar-refractivity contribution is 6.07. The van der Waals surface area contributed by atoms with Crippen molar-refractivity contribution in [3.63, 3.8) is 0 Å². The Hall–Kier alpha value is -1.84. The minimum Gasteiger partial charge on any atom is -0.320 e. The molecule has 1 aliphatic rings. The summed E-state index contributed by atoms with van der Waals surface area (Å²) >= 11 is 0. The molecule has 4 nitrogen and oxygen atoms in total. The van der Waals surface area contributed by atoms with Gasteiger partial charge in [-0.15, -0.1) is 0 Å². The van der Waals surface area contributed by atoms with Crippen LogP contribution in [0.25, 0.3) is 0 Å². The molecule has 0 spiro atoms. The molecule has 0 radical (unpaired) electrons. The molecule has 1 aromatic rings. The standard InChI is InChI=1S/C13H16N2O2/c1-3-4-9-5-7-10(8-6-9)13(2)11(16)14-12(17)15-13/h5-8H,3-4H2,1-2H3,(H2,14,15,16,17)/t13-/m1/s1. The second-order valence-electron chi connectivity index (χ2n) is 4.48. The molecule has 2 rings (SSSR count). The van der Waals surface area contributed by atoms with Crippen molar-refractivity contribution in [2.45, 2.75) is 32.2 Å². The van der Waals surface area contributed by atoms with Gasteiger partial charge in [0.15, 0.2) is 0 Å². The number of rotatable bonds is 3. The quantitative estimate of drug-likeness (QED) is 0.779. The first-order valence-electron chi connectivity index (χ1n) is 5.79. The van der Waals surface area contributed by atoms with E-state index in [0.717, 1.165) is 18.4 Å². The number of carbonyl (C=O) groups excluding carboxylic acids is 2. The summed E-state index contributed by atoms with van der Waals surface area (Å²) in [4.78, 5) is 22.9. The van der Waals surface area contributed by atoms with Crippen LogP contribution < -0.4 is 10.6 Å². The molecule has 0 bridgehead atoms. The van der Waals surface area contributed by atoms with Crippen LogP contribution in [0.2, 0.25) is 0 Å². The van der Waals surface area contributed by atoms with Crippen LogP contribution in [0.4, 0.5) is 4.79 Å². The molecule has 0 aliphatic carbocycles. The zero-order chi connectivity index (χ0) is 12.5. The molecular weight excluding hydrogens is 216 g/mol. The number of benzene rings is 1. The summed E-state index contributed by atoms with van der Waals surface area (Å²) in [5.41, 5.74) is 1.10. The first kappa shape index (κ1) is 11.6. The number of aryl methyl sites for hydroxylation is 1. The maximum absolute atomic E-state index is 11.7. The summed E-state index contributed by atoms with van der Waals surface area (Å²) in [5, 5.41) is 4.90. The van der Waals surface area contributed by atoms with Crippen LogP contribution in [0, 0.1) is 0 Å². The van der Waals surface area contributed by atoms with Crippen LogP contribution in [-0.4, -0.2) is 11.9 Å². The van der Waals surface area contributed by atoms with Crippen LogP contribution in [0.15, 0.2) is 24.3 Å². The van der Waals surface area contributed by atoms with E-state index in [0.29, 0.717) is 0 Å². The molecule has 0 saturated carbocycles. The maximum Gasteiger partial charge on any atom is 0.322 e. The van der Waals surface area contributed by atoms with Gasteiger partial charge in [0.1, 0.15) is 5.54 Å². The Morgan fingerprint density at radius 2 is 1.82 bits per heavy atom. The van der Waals surface area contributed by atoms with Gasteiger partial charge < -0.3 is 5.32 Å². The molecule has 90 valence electrons. The van der Waals surface area contributed by atoms with E-state index in [1.54, 1.807) is 6.92 Å². The second-order valence-corrected chi connectivity index (χ2v) is 4.48. The number of nitrogens with one attached hydrogen (secondary N) is 2. The lowest BCUT2D eigenvalue weighted by molar-refractivity contribution is -0.123. The van der Waals surface area contributed by atoms with E-state index in [1.165, 1.54) is 5.56 Å². The second kappa shape index (κ2) is 4.20. The molecule has 17 heavy (non-hydrogen) atoms. The Bertz CT molecular complexity index is 453. The predicted molar refractivity (Wildman–Crippen MR) is 64.5 cm³/mol. The number of hydrogen-bond donors (Lipinski definition) is 2. The van der Waals surface area contributed by atoms with Crippen LogP contribution in [0.1, 0.15) is 31.4 Å². The van der Waals surface area contributed by atoms with E-state index in [4.69, 9.17) is 0 Å². The summed E-state index contributed by atoms with van der Waals surface area (Å²) in [6.07, 6.45) is 2.11. The van der Waals surface area contributed by atoms with Crippen molar-refractivity contribution in [3.8, 4) is 0 Å². The monoisotopic (exact) mass is 232 g/mol. The van der Waals surface area contributed by atoms with Gasteiger partial charge in [-0.2, -0.15) is 0 Å². The van der Waals surface area contributed by atoms with Crippen LogP contribution in [0.3, 0.4) is 0 Å². The maximum atomic E-state index is 11.7. The summed E-state index contributed by atoms with van der Waals surface area (Å²) in [6.45, 7) is 3.84. The molecule has 0 unspecified atom stereocenters. The van der Waals surface area contributed by atoms with Crippen LogP contribution in [0.5, 0.6) is 0 Å². The highest BCUT2D eigenvalue weighted by Gasteiger charge is 2.43. The molecular formula is C13H16N2O2. The van der Waals surface area contributed by atoms with Gasteiger partial charge >= 0.3 is 6.03 Å². The fourth-order valence-corrected chi connectivity index (χ4v) is 2.04.